The molecular formula is C54H66Cl2Zr. The molecule has 1 unspecified atom stereocenters. The van der Waals surface area contributed by atoms with E-state index in [-0.39, 0.29) is 46.5 Å². The van der Waals surface area contributed by atoms with Gasteiger partial charge in [-0.05, 0) is 0 Å². The molecule has 0 N–H and O–H groups in total. The van der Waals surface area contributed by atoms with Crippen molar-refractivity contribution in [3.63, 3.8) is 0 Å². The third kappa shape index (κ3) is 6.01. The Labute approximate surface area is 358 Å². The van der Waals surface area contributed by atoms with E-state index in [1.807, 2.05) is 0 Å². The molecule has 0 spiro atoms. The van der Waals surface area contributed by atoms with Gasteiger partial charge in [-0.3, -0.25) is 0 Å². The van der Waals surface area contributed by atoms with Crippen LogP contribution in [-0.4, -0.2) is 4.21 Å². The van der Waals surface area contributed by atoms with E-state index in [1.165, 1.54) is 84.5 Å². The summed E-state index contributed by atoms with van der Waals surface area (Å²) in [7, 11) is 0. The predicted molar refractivity (Wildman–Crippen MR) is 254 cm³/mol. The molecule has 4 aromatic carbocycles. The van der Waals surface area contributed by atoms with Crippen LogP contribution in [0.1, 0.15) is 148 Å². The molecule has 0 heterocycles. The van der Waals surface area contributed by atoms with Crippen LogP contribution in [-0.2, 0) is 46.4 Å². The van der Waals surface area contributed by atoms with Crippen molar-refractivity contribution < 1.29 is 18.3 Å². The van der Waals surface area contributed by atoms with E-state index in [0.717, 1.165) is 6.42 Å². The average molecular weight is 877 g/mol. The van der Waals surface area contributed by atoms with Gasteiger partial charge < -0.3 is 0 Å². The Morgan fingerprint density at radius 3 is 1.49 bits per heavy atom. The fourth-order valence-corrected chi connectivity index (χ4v) is 32.3. The standard InChI is InChI=1S/C25H25.2C10H13.C8H11.CH2.2ClH.Zr/c1-14-12-24(3,4)22-8-16-7-17-9-23-19(15(2)13-25(23,5)6)11-21(17)20(16)10-18(14)22;2*1-10(2,3)9-7-5-4-6-8-9;1-6-4-7(2)8(3)5-6;;;;/h8-12H,7H2,1-6H3;2*5-8H,1-3H3;4,6H,1-3H3;1H2;2*1H;. The fourth-order valence-electron chi connectivity index (χ4n) is 12.1. The second kappa shape index (κ2) is 13.6. The molecule has 0 aromatic heterocycles. The van der Waals surface area contributed by atoms with Gasteiger partial charge in [0.2, 0.25) is 0 Å². The summed E-state index contributed by atoms with van der Waals surface area (Å²) in [5.74, 6) is 0.298. The van der Waals surface area contributed by atoms with E-state index >= 15 is 0 Å². The van der Waals surface area contributed by atoms with Crippen LogP contribution in [0.4, 0.5) is 0 Å². The first-order valence-electron chi connectivity index (χ1n) is 20.8. The van der Waals surface area contributed by atoms with Gasteiger partial charge in [0.1, 0.15) is 0 Å². The number of allylic oxidation sites excluding steroid dienone is 8. The Morgan fingerprint density at radius 1 is 0.596 bits per heavy atom. The van der Waals surface area contributed by atoms with E-state index in [4.69, 9.17) is 4.21 Å². The van der Waals surface area contributed by atoms with Crippen LogP contribution < -0.4 is 6.54 Å². The Balaban J connectivity index is 0.00000275. The first-order chi connectivity index (χ1) is 25.4. The van der Waals surface area contributed by atoms with Crippen LogP contribution in [0.5, 0.6) is 0 Å². The van der Waals surface area contributed by atoms with Crippen molar-refractivity contribution >= 4 is 46.7 Å². The van der Waals surface area contributed by atoms with Gasteiger partial charge in [0.05, 0.1) is 0 Å². The average Bonchev–Trinajstić information content (AvgIpc) is 3.73. The number of benzene rings is 4. The zero-order valence-corrected chi connectivity index (χ0v) is 41.5. The summed E-state index contributed by atoms with van der Waals surface area (Å²) in [6, 6.07) is 30.1. The molecule has 3 heteroatoms. The third-order valence-corrected chi connectivity index (χ3v) is 32.8. The SMILES string of the molecule is Cl.Cl.[CH2]=[Zr]([C]1=C(C)C(C)=CC1C)([C]1=C(C)c2cc3c(cc2C1(C)C)Cc1cc2c(cc1-3)C(C)=CC2(C)C)([c]1ccc(C(C)(C)C)cc1)[c]1ccc(C(C)(C)C)cc1. The summed E-state index contributed by atoms with van der Waals surface area (Å²) in [4.78, 5) is 0. The Hall–Kier alpha value is -2.83. The Kier molecular flexibility index (Phi) is 10.4. The number of hydrogen-bond donors (Lipinski definition) is 0. The van der Waals surface area contributed by atoms with Crippen molar-refractivity contribution in [1.82, 2.24) is 0 Å². The Bertz CT molecular complexity index is 2480. The monoisotopic (exact) mass is 874 g/mol. The Morgan fingerprint density at radius 2 is 1.05 bits per heavy atom. The van der Waals surface area contributed by atoms with Crippen molar-refractivity contribution in [2.24, 2.45) is 5.92 Å². The van der Waals surface area contributed by atoms with Crippen molar-refractivity contribution in [1.29, 1.82) is 0 Å². The summed E-state index contributed by atoms with van der Waals surface area (Å²) in [6.45, 7) is 35.7. The number of halogens is 2. The maximum absolute atomic E-state index is 5.98. The van der Waals surface area contributed by atoms with E-state index in [2.05, 4.69) is 189 Å². The van der Waals surface area contributed by atoms with Crippen LogP contribution >= 0.6 is 24.8 Å². The molecule has 0 fully saturated rings. The zero-order valence-electron chi connectivity index (χ0n) is 37.4. The van der Waals surface area contributed by atoms with Crippen molar-refractivity contribution in [2.45, 2.75) is 132 Å². The molecule has 0 saturated heterocycles. The number of fused-ring (bicyclic) bond motifs is 5. The molecule has 0 amide bonds. The van der Waals surface area contributed by atoms with Gasteiger partial charge in [-0.25, -0.2) is 0 Å². The molecular weight excluding hydrogens is 811 g/mol. The molecule has 0 aliphatic heterocycles. The van der Waals surface area contributed by atoms with Gasteiger partial charge in [0.25, 0.3) is 0 Å². The van der Waals surface area contributed by atoms with Crippen LogP contribution in [0.3, 0.4) is 0 Å². The van der Waals surface area contributed by atoms with Gasteiger partial charge in [-0.1, -0.05) is 0 Å². The van der Waals surface area contributed by atoms with Crippen molar-refractivity contribution in [3.8, 4) is 11.1 Å². The number of hydrogen-bond acceptors (Lipinski definition) is 0. The first-order valence-corrected chi connectivity index (χ1v) is 27.5. The van der Waals surface area contributed by atoms with E-state index < -0.39 is 18.3 Å². The van der Waals surface area contributed by atoms with Gasteiger partial charge in [-0.2, -0.15) is 0 Å². The quantitative estimate of drug-likeness (QED) is 0.169. The topological polar surface area (TPSA) is 0 Å². The third-order valence-electron chi connectivity index (χ3n) is 14.8. The first kappa shape index (κ1) is 43.7. The van der Waals surface area contributed by atoms with Crippen molar-refractivity contribution in [2.75, 3.05) is 0 Å². The molecule has 300 valence electrons. The number of rotatable bonds is 4. The molecule has 8 rings (SSSR count). The second-order valence-corrected chi connectivity index (χ2v) is 33.8. The predicted octanol–water partition coefficient (Wildman–Crippen LogP) is 14.1. The van der Waals surface area contributed by atoms with Gasteiger partial charge in [0, 0.05) is 0 Å². The zero-order chi connectivity index (χ0) is 40.0. The van der Waals surface area contributed by atoms with E-state index in [9.17, 15) is 0 Å². The van der Waals surface area contributed by atoms with Gasteiger partial charge in [-0.15, -0.1) is 24.8 Å². The molecule has 4 aromatic rings. The fraction of sp³-hybridized carbons (Fsp3) is 0.389. The van der Waals surface area contributed by atoms with Crippen LogP contribution in [0, 0.1) is 5.92 Å². The summed E-state index contributed by atoms with van der Waals surface area (Å²) < 4.78 is 12.1. The maximum atomic E-state index is 5.98. The summed E-state index contributed by atoms with van der Waals surface area (Å²) in [5.41, 5.74) is 20.1. The van der Waals surface area contributed by atoms with Gasteiger partial charge in [0.15, 0.2) is 0 Å². The summed E-state index contributed by atoms with van der Waals surface area (Å²) >= 11 is -5.09. The van der Waals surface area contributed by atoms with Crippen LogP contribution in [0.25, 0.3) is 22.3 Å². The summed E-state index contributed by atoms with van der Waals surface area (Å²) in [6.07, 6.45) is 5.98. The molecule has 0 radical (unpaired) electrons. The van der Waals surface area contributed by atoms with Gasteiger partial charge >= 0.3 is 336 Å². The molecule has 0 bridgehead atoms. The molecule has 1 atom stereocenters. The minimum absolute atomic E-state index is 0. The van der Waals surface area contributed by atoms with Crippen LogP contribution in [0.2, 0.25) is 0 Å². The molecule has 57 heavy (non-hydrogen) atoms. The normalized spacial score (nSPS) is 19.3. The molecule has 4 aliphatic rings. The van der Waals surface area contributed by atoms with E-state index in [1.54, 1.807) is 6.56 Å². The summed E-state index contributed by atoms with van der Waals surface area (Å²) in [5, 5.41) is 0. The second-order valence-electron chi connectivity index (χ2n) is 21.2. The molecule has 0 saturated carbocycles. The molecule has 4 aliphatic carbocycles. The molecule has 0 nitrogen and oxygen atoms in total. The minimum atomic E-state index is -5.09. The van der Waals surface area contributed by atoms with E-state index in [0.29, 0.717) is 5.92 Å². The van der Waals surface area contributed by atoms with Crippen LogP contribution in [0.15, 0.2) is 103 Å². The van der Waals surface area contributed by atoms with Crippen molar-refractivity contribution in [3.05, 3.63) is 147 Å².